The molecule has 3 nitrogen and oxygen atoms in total. The third-order valence-corrected chi connectivity index (χ3v) is 4.66. The number of hydrogen-bond donors (Lipinski definition) is 1. The highest BCUT2D eigenvalue weighted by Crippen LogP contribution is 2.27. The van der Waals surface area contributed by atoms with Gasteiger partial charge in [0.25, 0.3) is 0 Å². The van der Waals surface area contributed by atoms with E-state index in [0.717, 1.165) is 31.2 Å². The average Bonchev–Trinajstić information content (AvgIpc) is 2.75. The lowest BCUT2D eigenvalue weighted by atomic mass is 10.1. The monoisotopic (exact) mass is 288 g/mol. The highest BCUT2D eigenvalue weighted by molar-refractivity contribution is 7.98. The van der Waals surface area contributed by atoms with E-state index in [-0.39, 0.29) is 0 Å². The van der Waals surface area contributed by atoms with Crippen LogP contribution in [-0.2, 0) is 17.0 Å². The molecule has 5 heteroatoms. The number of rotatable bonds is 9. The average molecular weight is 288 g/mol. The summed E-state index contributed by atoms with van der Waals surface area (Å²) >= 11 is 3.78. The molecule has 1 aromatic heterocycles. The molecule has 0 aromatic carbocycles. The molecular formula is C13H24N2OS2. The maximum Gasteiger partial charge on any atom is 0.103 e. The third kappa shape index (κ3) is 5.26. The lowest BCUT2D eigenvalue weighted by Crippen LogP contribution is -2.18. The molecule has 0 fully saturated rings. The number of aromatic nitrogens is 1. The molecule has 0 unspecified atom stereocenters. The molecule has 104 valence electrons. The van der Waals surface area contributed by atoms with Gasteiger partial charge in [0, 0.05) is 30.8 Å². The molecule has 0 radical (unpaired) electrons. The van der Waals surface area contributed by atoms with Crippen LogP contribution in [0.3, 0.4) is 0 Å². The molecule has 0 amide bonds. The Labute approximate surface area is 119 Å². The Morgan fingerprint density at radius 1 is 1.44 bits per heavy atom. The number of ether oxygens (including phenoxy) is 1. The first kappa shape index (κ1) is 16.0. The predicted molar refractivity (Wildman–Crippen MR) is 81.6 cm³/mol. The van der Waals surface area contributed by atoms with Crippen molar-refractivity contribution < 1.29 is 4.74 Å². The minimum Gasteiger partial charge on any atom is -0.383 e. The highest BCUT2D eigenvalue weighted by atomic mass is 32.2. The van der Waals surface area contributed by atoms with Crippen molar-refractivity contribution in [3.8, 4) is 0 Å². The summed E-state index contributed by atoms with van der Waals surface area (Å²) in [6, 6.07) is 0. The Morgan fingerprint density at radius 3 is 2.83 bits per heavy atom. The van der Waals surface area contributed by atoms with Crippen LogP contribution < -0.4 is 5.32 Å². The van der Waals surface area contributed by atoms with Gasteiger partial charge in [-0.3, -0.25) is 0 Å². The fourth-order valence-electron chi connectivity index (χ4n) is 1.62. The van der Waals surface area contributed by atoms with Crippen molar-refractivity contribution in [2.24, 2.45) is 0 Å². The molecule has 0 aliphatic rings. The van der Waals surface area contributed by atoms with Crippen molar-refractivity contribution in [3.05, 3.63) is 15.6 Å². The molecule has 0 saturated heterocycles. The Balaban J connectivity index is 2.59. The molecule has 0 spiro atoms. The Kier molecular flexibility index (Phi) is 7.90. The number of methoxy groups -OCH3 is 1. The van der Waals surface area contributed by atoms with Gasteiger partial charge < -0.3 is 10.1 Å². The molecule has 0 bridgehead atoms. The van der Waals surface area contributed by atoms with E-state index in [2.05, 4.69) is 26.1 Å². The van der Waals surface area contributed by atoms with E-state index in [0.29, 0.717) is 5.92 Å². The molecule has 18 heavy (non-hydrogen) atoms. The number of nitrogens with one attached hydrogen (secondary N) is 1. The van der Waals surface area contributed by atoms with Crippen molar-refractivity contribution in [1.82, 2.24) is 10.3 Å². The Morgan fingerprint density at radius 2 is 2.22 bits per heavy atom. The van der Waals surface area contributed by atoms with Gasteiger partial charge in [-0.15, -0.1) is 11.3 Å². The second kappa shape index (κ2) is 8.91. The van der Waals surface area contributed by atoms with Gasteiger partial charge in [0.1, 0.15) is 5.01 Å². The molecular weight excluding hydrogens is 264 g/mol. The van der Waals surface area contributed by atoms with Crippen molar-refractivity contribution in [3.63, 3.8) is 0 Å². The lowest BCUT2D eigenvalue weighted by molar-refractivity contribution is 0.199. The molecule has 1 rings (SSSR count). The smallest absolute Gasteiger partial charge is 0.103 e. The van der Waals surface area contributed by atoms with Gasteiger partial charge in [0.2, 0.25) is 0 Å². The summed E-state index contributed by atoms with van der Waals surface area (Å²) in [5, 5.41) is 4.66. The van der Waals surface area contributed by atoms with Gasteiger partial charge in [-0.05, 0) is 11.7 Å². The molecule has 0 atom stereocenters. The molecule has 0 aliphatic carbocycles. The van der Waals surface area contributed by atoms with Crippen LogP contribution in [0.1, 0.15) is 42.3 Å². The van der Waals surface area contributed by atoms with Crippen LogP contribution in [0.4, 0.5) is 0 Å². The SMILES string of the molecule is CCSCc1nc(C(C)C)c(CNCCOC)s1. The molecule has 1 heterocycles. The van der Waals surface area contributed by atoms with E-state index in [4.69, 9.17) is 9.72 Å². The predicted octanol–water partition coefficient (Wildman–Crippen LogP) is 3.26. The summed E-state index contributed by atoms with van der Waals surface area (Å²) in [7, 11) is 1.73. The lowest BCUT2D eigenvalue weighted by Gasteiger charge is -2.06. The van der Waals surface area contributed by atoms with Crippen LogP contribution in [0.5, 0.6) is 0 Å². The van der Waals surface area contributed by atoms with E-state index in [9.17, 15) is 0 Å². The number of thioether (sulfide) groups is 1. The molecule has 0 saturated carbocycles. The van der Waals surface area contributed by atoms with Crippen molar-refractivity contribution in [2.45, 2.75) is 39.0 Å². The van der Waals surface area contributed by atoms with E-state index in [1.807, 2.05) is 23.1 Å². The second-order valence-electron chi connectivity index (χ2n) is 4.38. The first-order valence-electron chi connectivity index (χ1n) is 6.44. The van der Waals surface area contributed by atoms with Crippen LogP contribution in [0.15, 0.2) is 0 Å². The van der Waals surface area contributed by atoms with Gasteiger partial charge in [-0.25, -0.2) is 4.98 Å². The van der Waals surface area contributed by atoms with Crippen molar-refractivity contribution in [2.75, 3.05) is 26.0 Å². The van der Waals surface area contributed by atoms with E-state index >= 15 is 0 Å². The van der Waals surface area contributed by atoms with Crippen LogP contribution >= 0.6 is 23.1 Å². The summed E-state index contributed by atoms with van der Waals surface area (Å²) in [5.74, 6) is 2.69. The molecule has 1 aromatic rings. The number of hydrogen-bond acceptors (Lipinski definition) is 5. The van der Waals surface area contributed by atoms with E-state index in [1.165, 1.54) is 15.6 Å². The third-order valence-electron chi connectivity index (χ3n) is 2.52. The van der Waals surface area contributed by atoms with Gasteiger partial charge in [-0.2, -0.15) is 11.8 Å². The van der Waals surface area contributed by atoms with Gasteiger partial charge in [-0.1, -0.05) is 20.8 Å². The van der Waals surface area contributed by atoms with Gasteiger partial charge in [0.15, 0.2) is 0 Å². The van der Waals surface area contributed by atoms with Crippen LogP contribution in [0, 0.1) is 0 Å². The Hall–Kier alpha value is -0.100. The van der Waals surface area contributed by atoms with Crippen LogP contribution in [0.25, 0.3) is 0 Å². The normalized spacial score (nSPS) is 11.4. The van der Waals surface area contributed by atoms with Crippen LogP contribution in [0.2, 0.25) is 0 Å². The first-order valence-corrected chi connectivity index (χ1v) is 8.42. The largest absolute Gasteiger partial charge is 0.383 e. The fourth-order valence-corrected chi connectivity index (χ4v) is 3.54. The molecule has 1 N–H and O–H groups in total. The fraction of sp³-hybridized carbons (Fsp3) is 0.769. The highest BCUT2D eigenvalue weighted by Gasteiger charge is 2.13. The first-order chi connectivity index (χ1) is 8.69. The number of nitrogens with zero attached hydrogens (tertiary/aromatic N) is 1. The minimum absolute atomic E-state index is 0.501. The summed E-state index contributed by atoms with van der Waals surface area (Å²) in [6.07, 6.45) is 0. The Bertz CT molecular complexity index is 340. The van der Waals surface area contributed by atoms with Crippen molar-refractivity contribution in [1.29, 1.82) is 0 Å². The quantitative estimate of drug-likeness (QED) is 0.707. The summed E-state index contributed by atoms with van der Waals surface area (Å²) < 4.78 is 5.04. The summed E-state index contributed by atoms with van der Waals surface area (Å²) in [5.41, 5.74) is 1.26. The minimum atomic E-state index is 0.501. The zero-order chi connectivity index (χ0) is 13.4. The zero-order valence-electron chi connectivity index (χ0n) is 11.8. The standard InChI is InChI=1S/C13H24N2OS2/c1-5-17-9-12-15-13(10(2)3)11(18-12)8-14-6-7-16-4/h10,14H,5-9H2,1-4H3. The topological polar surface area (TPSA) is 34.2 Å². The maximum absolute atomic E-state index is 5.04. The van der Waals surface area contributed by atoms with Crippen molar-refractivity contribution >= 4 is 23.1 Å². The van der Waals surface area contributed by atoms with Crippen LogP contribution in [-0.4, -0.2) is 31.0 Å². The zero-order valence-corrected chi connectivity index (χ0v) is 13.4. The molecule has 0 aliphatic heterocycles. The van der Waals surface area contributed by atoms with Gasteiger partial charge >= 0.3 is 0 Å². The summed E-state index contributed by atoms with van der Waals surface area (Å²) in [6.45, 7) is 9.18. The summed E-state index contributed by atoms with van der Waals surface area (Å²) in [4.78, 5) is 6.15. The van der Waals surface area contributed by atoms with E-state index < -0.39 is 0 Å². The van der Waals surface area contributed by atoms with E-state index in [1.54, 1.807) is 7.11 Å². The number of thiazole rings is 1. The van der Waals surface area contributed by atoms with Gasteiger partial charge in [0.05, 0.1) is 12.3 Å². The second-order valence-corrected chi connectivity index (χ2v) is 6.82. The maximum atomic E-state index is 5.04.